The average molecular weight is 482 g/mol. The van der Waals surface area contributed by atoms with E-state index in [0.29, 0.717) is 24.6 Å². The number of aliphatic hydroxyl groups excluding tert-OH is 2. The van der Waals surface area contributed by atoms with E-state index in [1.165, 1.54) is 25.8 Å². The summed E-state index contributed by atoms with van der Waals surface area (Å²) in [7, 11) is 0. The normalized spacial score (nSPS) is 28.7. The predicted molar refractivity (Wildman–Crippen MR) is 126 cm³/mol. The van der Waals surface area contributed by atoms with Gasteiger partial charge >= 0.3 is 0 Å². The van der Waals surface area contributed by atoms with Gasteiger partial charge in [-0.05, 0) is 48.8 Å². The lowest BCUT2D eigenvalue weighted by Crippen LogP contribution is -2.56. The molecule has 1 aromatic rings. The number of carbonyl (C=O) groups excluding carboxylic acids is 3. The molecule has 0 heterocycles. The Morgan fingerprint density at radius 3 is 2.51 bits per heavy atom. The van der Waals surface area contributed by atoms with Gasteiger partial charge in [-0.1, -0.05) is 25.8 Å². The number of Topliss-reactive ketones (excluding diaryl/α,β-unsaturated/α-hetero) is 3. The monoisotopic (exact) mass is 481 g/mol. The van der Waals surface area contributed by atoms with Crippen molar-refractivity contribution in [3.8, 4) is 5.75 Å². The lowest BCUT2D eigenvalue weighted by atomic mass is 9.60. The van der Waals surface area contributed by atoms with Crippen LogP contribution >= 0.6 is 0 Å². The maximum Gasteiger partial charge on any atom is 0.209 e. The Hall–Kier alpha value is -2.97. The Bertz CT molecular complexity index is 1190. The fourth-order valence-electron chi connectivity index (χ4n) is 6.44. The van der Waals surface area contributed by atoms with Crippen molar-refractivity contribution in [1.82, 2.24) is 5.32 Å². The van der Waals surface area contributed by atoms with Crippen LogP contribution in [0.15, 0.2) is 34.8 Å². The SMILES string of the molecule is CCC(=O)C1=C(O)CC2CC3Cc4c(CNC5CCCC5)ccc(O)c4C(=O)C3=C(O)[C@]2(O)C1=O. The Morgan fingerprint density at radius 1 is 1.11 bits per heavy atom. The molecular weight excluding hydrogens is 450 g/mol. The van der Waals surface area contributed by atoms with Gasteiger partial charge in [0.25, 0.3) is 0 Å². The molecule has 0 spiro atoms. The summed E-state index contributed by atoms with van der Waals surface area (Å²) in [6, 6.07) is 3.69. The van der Waals surface area contributed by atoms with Gasteiger partial charge in [0.05, 0.1) is 5.56 Å². The molecule has 1 fully saturated rings. The first-order valence-electron chi connectivity index (χ1n) is 12.5. The molecular formula is C27H31NO7. The molecule has 0 saturated heterocycles. The zero-order chi connectivity index (χ0) is 25.1. The number of fused-ring (bicyclic) bond motifs is 3. The van der Waals surface area contributed by atoms with E-state index in [1.54, 1.807) is 6.07 Å². The molecule has 4 aliphatic carbocycles. The van der Waals surface area contributed by atoms with Crippen LogP contribution in [0.3, 0.4) is 0 Å². The summed E-state index contributed by atoms with van der Waals surface area (Å²) in [5, 5.41) is 47.2. The second kappa shape index (κ2) is 8.60. The molecule has 0 amide bonds. The quantitative estimate of drug-likeness (QED) is 0.404. The fraction of sp³-hybridized carbons (Fsp3) is 0.519. The van der Waals surface area contributed by atoms with Gasteiger partial charge in [-0.3, -0.25) is 14.4 Å². The summed E-state index contributed by atoms with van der Waals surface area (Å²) in [6.07, 6.45) is 4.92. The third-order valence-corrected chi connectivity index (χ3v) is 8.33. The highest BCUT2D eigenvalue weighted by Gasteiger charge is 2.59. The van der Waals surface area contributed by atoms with Crippen molar-refractivity contribution in [2.24, 2.45) is 11.8 Å². The first kappa shape index (κ1) is 23.8. The summed E-state index contributed by atoms with van der Waals surface area (Å²) in [5.41, 5.74) is -1.37. The number of allylic oxidation sites excluding steroid dienone is 2. The van der Waals surface area contributed by atoms with E-state index in [0.717, 1.165) is 18.4 Å². The number of benzene rings is 1. The Labute approximate surface area is 203 Å². The molecule has 1 aromatic carbocycles. The van der Waals surface area contributed by atoms with Crippen LogP contribution in [0.4, 0.5) is 0 Å². The van der Waals surface area contributed by atoms with Gasteiger partial charge in [0, 0.05) is 36.9 Å². The number of aromatic hydroxyl groups is 1. The Kier molecular flexibility index (Phi) is 5.84. The third-order valence-electron chi connectivity index (χ3n) is 8.33. The number of rotatable bonds is 5. The second-order valence-electron chi connectivity index (χ2n) is 10.3. The van der Waals surface area contributed by atoms with Gasteiger partial charge in [-0.2, -0.15) is 0 Å². The lowest BCUT2D eigenvalue weighted by molar-refractivity contribution is -0.144. The molecule has 186 valence electrons. The number of phenolic OH excluding ortho intramolecular Hbond substituents is 1. The molecule has 3 atom stereocenters. The van der Waals surface area contributed by atoms with Crippen LogP contribution < -0.4 is 5.32 Å². The minimum atomic E-state index is -2.46. The molecule has 8 heteroatoms. The van der Waals surface area contributed by atoms with Gasteiger partial charge in [0.2, 0.25) is 5.78 Å². The van der Waals surface area contributed by atoms with Crippen LogP contribution in [-0.2, 0) is 22.6 Å². The van der Waals surface area contributed by atoms with Crippen LogP contribution in [0.25, 0.3) is 0 Å². The van der Waals surface area contributed by atoms with Crippen LogP contribution in [0.2, 0.25) is 0 Å². The maximum absolute atomic E-state index is 13.6. The largest absolute Gasteiger partial charge is 0.511 e. The predicted octanol–water partition coefficient (Wildman–Crippen LogP) is 3.11. The summed E-state index contributed by atoms with van der Waals surface area (Å²) < 4.78 is 0. The van der Waals surface area contributed by atoms with Crippen LogP contribution in [-0.4, -0.2) is 49.4 Å². The molecule has 2 unspecified atom stereocenters. The smallest absolute Gasteiger partial charge is 0.209 e. The van der Waals surface area contributed by atoms with Crippen molar-refractivity contribution in [1.29, 1.82) is 0 Å². The topological polar surface area (TPSA) is 144 Å². The zero-order valence-corrected chi connectivity index (χ0v) is 19.8. The number of phenols is 1. The van der Waals surface area contributed by atoms with Crippen molar-refractivity contribution in [3.63, 3.8) is 0 Å². The second-order valence-corrected chi connectivity index (χ2v) is 10.3. The number of nitrogens with one attached hydrogen (secondary N) is 1. The van der Waals surface area contributed by atoms with Crippen LogP contribution in [0.1, 0.15) is 73.4 Å². The van der Waals surface area contributed by atoms with E-state index in [9.17, 15) is 34.8 Å². The lowest BCUT2D eigenvalue weighted by Gasteiger charge is -2.46. The highest BCUT2D eigenvalue weighted by atomic mass is 16.3. The Balaban J connectivity index is 1.55. The van der Waals surface area contributed by atoms with E-state index in [4.69, 9.17) is 0 Å². The van der Waals surface area contributed by atoms with Crippen molar-refractivity contribution >= 4 is 17.3 Å². The third kappa shape index (κ3) is 3.53. The summed E-state index contributed by atoms with van der Waals surface area (Å²) in [4.78, 5) is 39.1. The van der Waals surface area contributed by atoms with Gasteiger partial charge in [-0.15, -0.1) is 0 Å². The molecule has 0 aliphatic heterocycles. The van der Waals surface area contributed by atoms with Crippen molar-refractivity contribution in [2.75, 3.05) is 0 Å². The molecule has 8 nitrogen and oxygen atoms in total. The molecule has 5 N–H and O–H groups in total. The van der Waals surface area contributed by atoms with E-state index in [2.05, 4.69) is 5.32 Å². The van der Waals surface area contributed by atoms with Gasteiger partial charge in [-0.25, -0.2) is 0 Å². The molecule has 5 rings (SSSR count). The van der Waals surface area contributed by atoms with Crippen molar-refractivity contribution in [3.05, 3.63) is 51.5 Å². The maximum atomic E-state index is 13.6. The van der Waals surface area contributed by atoms with Gasteiger partial charge in [0.15, 0.2) is 17.2 Å². The molecule has 1 saturated carbocycles. The van der Waals surface area contributed by atoms with E-state index in [-0.39, 0.29) is 41.9 Å². The summed E-state index contributed by atoms with van der Waals surface area (Å²) >= 11 is 0. The minimum Gasteiger partial charge on any atom is -0.511 e. The average Bonchev–Trinajstić information content (AvgIpc) is 3.34. The molecule has 0 radical (unpaired) electrons. The zero-order valence-electron chi connectivity index (χ0n) is 19.8. The van der Waals surface area contributed by atoms with Crippen LogP contribution in [0.5, 0.6) is 5.75 Å². The number of carbonyl (C=O) groups is 3. The molecule has 0 aromatic heterocycles. The number of hydrogen-bond donors (Lipinski definition) is 5. The summed E-state index contributed by atoms with van der Waals surface area (Å²) in [6.45, 7) is 2.08. The number of aliphatic hydroxyl groups is 3. The first-order valence-corrected chi connectivity index (χ1v) is 12.5. The van der Waals surface area contributed by atoms with E-state index < -0.39 is 46.1 Å². The minimum absolute atomic E-state index is 0.0519. The van der Waals surface area contributed by atoms with Crippen LogP contribution in [0, 0.1) is 11.8 Å². The van der Waals surface area contributed by atoms with Gasteiger partial charge < -0.3 is 25.7 Å². The number of hydrogen-bond acceptors (Lipinski definition) is 8. The Morgan fingerprint density at radius 2 is 1.83 bits per heavy atom. The molecule has 0 bridgehead atoms. The highest BCUT2D eigenvalue weighted by molar-refractivity contribution is 6.25. The van der Waals surface area contributed by atoms with E-state index in [1.807, 2.05) is 0 Å². The summed E-state index contributed by atoms with van der Waals surface area (Å²) in [5.74, 6) is -5.03. The fourth-order valence-corrected chi connectivity index (χ4v) is 6.44. The number of ketones is 3. The molecule has 4 aliphatic rings. The molecule has 35 heavy (non-hydrogen) atoms. The van der Waals surface area contributed by atoms with Gasteiger partial charge in [0.1, 0.15) is 22.8 Å². The highest BCUT2D eigenvalue weighted by Crippen LogP contribution is 2.51. The standard InChI is InChI=1S/C27H31NO7/c1-2-18(29)23-20(31)11-15-9-14-10-17-13(12-28-16-5-3-4-6-16)7-8-19(30)22(17)24(32)21(14)25(33)27(15,35)26(23)34/h7-8,14-16,28,30-31,33,35H,2-6,9-12H2,1H3/t14?,15?,27-/m0/s1. The van der Waals surface area contributed by atoms with Crippen molar-refractivity contribution in [2.45, 2.75) is 76.5 Å². The first-order chi connectivity index (χ1) is 16.7. The van der Waals surface area contributed by atoms with Crippen molar-refractivity contribution < 1.29 is 34.8 Å². The van der Waals surface area contributed by atoms with E-state index >= 15 is 0 Å².